The molecule has 1 aliphatic rings. The van der Waals surface area contributed by atoms with Gasteiger partial charge in [0.25, 0.3) is 0 Å². The maximum absolute atomic E-state index is 12.8. The quantitative estimate of drug-likeness (QED) is 0.663. The van der Waals surface area contributed by atoms with Crippen molar-refractivity contribution in [2.45, 2.75) is 39.0 Å². The van der Waals surface area contributed by atoms with Crippen molar-refractivity contribution < 1.29 is 4.79 Å². The molecule has 30 heavy (non-hydrogen) atoms. The van der Waals surface area contributed by atoms with Crippen molar-refractivity contribution >= 4 is 5.91 Å². The van der Waals surface area contributed by atoms with Crippen LogP contribution in [0.1, 0.15) is 34.4 Å². The molecule has 1 amide bonds. The Morgan fingerprint density at radius 2 is 2.00 bits per heavy atom. The van der Waals surface area contributed by atoms with Crippen LogP contribution in [0.15, 0.2) is 61.1 Å². The molecule has 1 aromatic heterocycles. The summed E-state index contributed by atoms with van der Waals surface area (Å²) in [5.74, 6) is 0.162. The average Bonchev–Trinajstić information content (AvgIpc) is 3.33. The number of amides is 1. The first kappa shape index (κ1) is 19.9. The van der Waals surface area contributed by atoms with E-state index in [1.807, 2.05) is 41.4 Å². The van der Waals surface area contributed by atoms with Crippen LogP contribution in [0.5, 0.6) is 0 Å². The predicted octanol–water partition coefficient (Wildman–Crippen LogP) is 3.00. The fraction of sp³-hybridized carbons (Fsp3) is 0.292. The van der Waals surface area contributed by atoms with E-state index in [0.29, 0.717) is 25.2 Å². The lowest BCUT2D eigenvalue weighted by atomic mass is 10.1. The summed E-state index contributed by atoms with van der Waals surface area (Å²) in [5, 5.41) is 12.3. The lowest BCUT2D eigenvalue weighted by Crippen LogP contribution is -2.38. The molecule has 2 aromatic carbocycles. The molecule has 2 heterocycles. The van der Waals surface area contributed by atoms with Gasteiger partial charge in [0.1, 0.15) is 0 Å². The number of carbonyl (C=O) groups is 1. The predicted molar refractivity (Wildman–Crippen MR) is 114 cm³/mol. The maximum Gasteiger partial charge on any atom is 0.240 e. The zero-order valence-electron chi connectivity index (χ0n) is 17.1. The molecule has 0 aliphatic carbocycles. The largest absolute Gasteiger partial charge is 0.337 e. The summed E-state index contributed by atoms with van der Waals surface area (Å²) in [4.78, 5) is 19.0. The first-order valence-electron chi connectivity index (χ1n) is 10.2. The van der Waals surface area contributed by atoms with E-state index in [0.717, 1.165) is 24.2 Å². The van der Waals surface area contributed by atoms with Gasteiger partial charge >= 0.3 is 0 Å². The van der Waals surface area contributed by atoms with Gasteiger partial charge in [0.15, 0.2) is 0 Å². The molecule has 1 N–H and O–H groups in total. The van der Waals surface area contributed by atoms with Crippen molar-refractivity contribution in [3.8, 4) is 6.07 Å². The minimum atomic E-state index is -0.159. The first-order chi connectivity index (χ1) is 14.6. The van der Waals surface area contributed by atoms with Crippen LogP contribution in [0, 0.1) is 18.3 Å². The number of aromatic nitrogens is 2. The zero-order chi connectivity index (χ0) is 20.9. The highest BCUT2D eigenvalue weighted by Gasteiger charge is 2.31. The Bertz CT molecular complexity index is 1060. The fourth-order valence-corrected chi connectivity index (χ4v) is 3.86. The highest BCUT2D eigenvalue weighted by Crippen LogP contribution is 2.17. The summed E-state index contributed by atoms with van der Waals surface area (Å²) in [5.41, 5.74) is 5.17. The van der Waals surface area contributed by atoms with Crippen molar-refractivity contribution in [2.24, 2.45) is 0 Å². The van der Waals surface area contributed by atoms with Gasteiger partial charge in [-0.05, 0) is 36.6 Å². The molecule has 0 spiro atoms. The number of nitrogens with zero attached hydrogens (tertiary/aromatic N) is 4. The highest BCUT2D eigenvalue weighted by atomic mass is 16.2. The second kappa shape index (κ2) is 8.93. The van der Waals surface area contributed by atoms with Crippen molar-refractivity contribution in [1.29, 1.82) is 5.26 Å². The average molecular weight is 399 g/mol. The van der Waals surface area contributed by atoms with Crippen LogP contribution >= 0.6 is 0 Å². The van der Waals surface area contributed by atoms with E-state index in [2.05, 4.69) is 46.1 Å². The SMILES string of the molecule is Cc1cccc(CN2CC[C@@H](NCc3cncn3Cc3ccc(C#N)cc3)C2=O)c1. The number of carbonyl (C=O) groups excluding carboxylic acids is 1. The van der Waals surface area contributed by atoms with Gasteiger partial charge in [-0.25, -0.2) is 4.98 Å². The van der Waals surface area contributed by atoms with Crippen molar-refractivity contribution in [1.82, 2.24) is 19.8 Å². The third kappa shape index (κ3) is 4.58. The lowest BCUT2D eigenvalue weighted by Gasteiger charge is -2.18. The van der Waals surface area contributed by atoms with Gasteiger partial charge in [0.05, 0.1) is 29.7 Å². The van der Waals surface area contributed by atoms with Crippen LogP contribution in [-0.4, -0.2) is 32.9 Å². The number of nitrogens with one attached hydrogen (secondary N) is 1. The number of aryl methyl sites for hydroxylation is 1. The van der Waals surface area contributed by atoms with E-state index in [4.69, 9.17) is 5.26 Å². The van der Waals surface area contributed by atoms with E-state index < -0.39 is 0 Å². The normalized spacial score (nSPS) is 16.1. The molecule has 6 heteroatoms. The molecule has 0 unspecified atom stereocenters. The third-order valence-electron chi connectivity index (χ3n) is 5.52. The van der Waals surface area contributed by atoms with Gasteiger partial charge in [0.2, 0.25) is 5.91 Å². The van der Waals surface area contributed by atoms with Gasteiger partial charge in [-0.2, -0.15) is 5.26 Å². The van der Waals surface area contributed by atoms with Crippen molar-refractivity contribution in [3.63, 3.8) is 0 Å². The van der Waals surface area contributed by atoms with Crippen molar-refractivity contribution in [3.05, 3.63) is 89.0 Å². The molecule has 0 saturated carbocycles. The second-order valence-electron chi connectivity index (χ2n) is 7.79. The fourth-order valence-electron chi connectivity index (χ4n) is 3.86. The summed E-state index contributed by atoms with van der Waals surface area (Å²) in [7, 11) is 0. The van der Waals surface area contributed by atoms with Gasteiger partial charge < -0.3 is 14.8 Å². The van der Waals surface area contributed by atoms with Crippen LogP contribution in [-0.2, 0) is 24.4 Å². The highest BCUT2D eigenvalue weighted by molar-refractivity contribution is 5.83. The molecule has 6 nitrogen and oxygen atoms in total. The van der Waals surface area contributed by atoms with Gasteiger partial charge in [-0.15, -0.1) is 0 Å². The zero-order valence-corrected chi connectivity index (χ0v) is 17.1. The Morgan fingerprint density at radius 3 is 2.77 bits per heavy atom. The number of hydrogen-bond acceptors (Lipinski definition) is 4. The van der Waals surface area contributed by atoms with Crippen LogP contribution < -0.4 is 5.32 Å². The summed E-state index contributed by atoms with van der Waals surface area (Å²) in [6.07, 6.45) is 4.45. The molecule has 152 valence electrons. The Labute approximate surface area is 176 Å². The smallest absolute Gasteiger partial charge is 0.240 e. The summed E-state index contributed by atoms with van der Waals surface area (Å²) in [6.45, 7) is 4.77. The van der Waals surface area contributed by atoms with E-state index in [-0.39, 0.29) is 11.9 Å². The number of imidazole rings is 1. The Morgan fingerprint density at radius 1 is 1.17 bits per heavy atom. The molecule has 1 fully saturated rings. The topological polar surface area (TPSA) is 74.0 Å². The Hall–Kier alpha value is -3.43. The van der Waals surface area contributed by atoms with Crippen LogP contribution in [0.2, 0.25) is 0 Å². The molecular formula is C24H25N5O. The van der Waals surface area contributed by atoms with Crippen LogP contribution in [0.4, 0.5) is 0 Å². The Kier molecular flexibility index (Phi) is 5.92. The van der Waals surface area contributed by atoms with Crippen LogP contribution in [0.25, 0.3) is 0 Å². The van der Waals surface area contributed by atoms with E-state index in [9.17, 15) is 4.79 Å². The second-order valence-corrected chi connectivity index (χ2v) is 7.79. The van der Waals surface area contributed by atoms with Crippen molar-refractivity contribution in [2.75, 3.05) is 6.54 Å². The Balaban J connectivity index is 1.33. The number of likely N-dealkylation sites (tertiary alicyclic amines) is 1. The lowest BCUT2D eigenvalue weighted by molar-refractivity contribution is -0.129. The van der Waals surface area contributed by atoms with E-state index in [1.165, 1.54) is 11.1 Å². The van der Waals surface area contributed by atoms with Gasteiger partial charge in [-0.1, -0.05) is 42.0 Å². The molecule has 3 aromatic rings. The van der Waals surface area contributed by atoms with Gasteiger partial charge in [-0.3, -0.25) is 4.79 Å². The molecular weight excluding hydrogens is 374 g/mol. The molecule has 1 saturated heterocycles. The molecule has 1 aliphatic heterocycles. The summed E-state index contributed by atoms with van der Waals surface area (Å²) in [6, 6.07) is 17.9. The summed E-state index contributed by atoms with van der Waals surface area (Å²) < 4.78 is 2.07. The molecule has 4 rings (SSSR count). The molecule has 0 radical (unpaired) electrons. The minimum Gasteiger partial charge on any atom is -0.337 e. The standard InChI is InChI=1S/C24H25N5O/c1-18-3-2-4-21(11-18)16-28-10-9-23(24(28)30)27-14-22-13-26-17-29(22)15-20-7-5-19(12-25)6-8-20/h2-8,11,13,17,23,27H,9-10,14-16H2,1H3/t23-/m1/s1. The van der Waals surface area contributed by atoms with E-state index in [1.54, 1.807) is 6.33 Å². The minimum absolute atomic E-state index is 0.159. The third-order valence-corrected chi connectivity index (χ3v) is 5.52. The summed E-state index contributed by atoms with van der Waals surface area (Å²) >= 11 is 0. The van der Waals surface area contributed by atoms with Crippen LogP contribution in [0.3, 0.4) is 0 Å². The first-order valence-corrected chi connectivity index (χ1v) is 10.2. The molecule has 0 bridgehead atoms. The number of nitriles is 1. The number of rotatable bonds is 7. The van der Waals surface area contributed by atoms with E-state index >= 15 is 0 Å². The maximum atomic E-state index is 12.8. The molecule has 1 atom stereocenters. The van der Waals surface area contributed by atoms with Gasteiger partial charge in [0, 0.05) is 32.4 Å². The number of hydrogen-bond donors (Lipinski definition) is 1. The number of benzene rings is 2. The monoisotopic (exact) mass is 399 g/mol.